The van der Waals surface area contributed by atoms with Crippen molar-refractivity contribution in [1.82, 2.24) is 4.98 Å². The number of methoxy groups -OCH3 is 2. The van der Waals surface area contributed by atoms with E-state index in [1.165, 1.54) is 11.3 Å². The lowest BCUT2D eigenvalue weighted by molar-refractivity contribution is -0.118. The highest BCUT2D eigenvalue weighted by Crippen LogP contribution is 2.40. The van der Waals surface area contributed by atoms with Crippen molar-refractivity contribution in [2.75, 3.05) is 19.1 Å². The first-order valence-electron chi connectivity index (χ1n) is 9.59. The molecule has 0 N–H and O–H groups in total. The SMILES string of the molecule is COc1ccc(OC)c2sc(N(Cc3ccccc3)C(=O)Cc3ccccc3)nc12. The van der Waals surface area contributed by atoms with Gasteiger partial charge < -0.3 is 9.47 Å². The maximum atomic E-state index is 13.3. The number of hydrogen-bond acceptors (Lipinski definition) is 5. The van der Waals surface area contributed by atoms with Crippen LogP contribution in [-0.4, -0.2) is 25.1 Å². The lowest BCUT2D eigenvalue weighted by Crippen LogP contribution is -2.31. The fourth-order valence-corrected chi connectivity index (χ4v) is 4.38. The van der Waals surface area contributed by atoms with E-state index in [9.17, 15) is 4.79 Å². The molecule has 0 saturated carbocycles. The molecule has 0 radical (unpaired) electrons. The summed E-state index contributed by atoms with van der Waals surface area (Å²) in [5.41, 5.74) is 2.70. The van der Waals surface area contributed by atoms with Gasteiger partial charge in [0.1, 0.15) is 21.7 Å². The monoisotopic (exact) mass is 418 g/mol. The van der Waals surface area contributed by atoms with Crippen LogP contribution in [0.3, 0.4) is 0 Å². The van der Waals surface area contributed by atoms with Crippen molar-refractivity contribution in [2.24, 2.45) is 0 Å². The number of anilines is 1. The third-order valence-corrected chi connectivity index (χ3v) is 5.91. The molecule has 3 aromatic carbocycles. The Kier molecular flexibility index (Phi) is 5.95. The Morgan fingerprint density at radius 2 is 1.47 bits per heavy atom. The van der Waals surface area contributed by atoms with Crippen LogP contribution in [0, 0.1) is 0 Å². The Bertz CT molecular complexity index is 1100. The van der Waals surface area contributed by atoms with Crippen LogP contribution in [0.25, 0.3) is 10.2 Å². The summed E-state index contributed by atoms with van der Waals surface area (Å²) in [5.74, 6) is 1.36. The minimum absolute atomic E-state index is 0.0120. The number of ether oxygens (including phenoxy) is 2. The van der Waals surface area contributed by atoms with Gasteiger partial charge in [0, 0.05) is 0 Å². The van der Waals surface area contributed by atoms with Gasteiger partial charge in [0.15, 0.2) is 5.13 Å². The quantitative estimate of drug-likeness (QED) is 0.420. The molecule has 0 aliphatic carbocycles. The Hall–Kier alpha value is -3.38. The number of amides is 1. The van der Waals surface area contributed by atoms with Gasteiger partial charge in [-0.05, 0) is 23.3 Å². The number of fused-ring (bicyclic) bond motifs is 1. The molecule has 0 spiro atoms. The fourth-order valence-electron chi connectivity index (χ4n) is 3.28. The molecule has 152 valence electrons. The lowest BCUT2D eigenvalue weighted by Gasteiger charge is -2.20. The first kappa shape index (κ1) is 19.9. The van der Waals surface area contributed by atoms with Crippen molar-refractivity contribution in [2.45, 2.75) is 13.0 Å². The second-order valence-electron chi connectivity index (χ2n) is 6.77. The summed E-state index contributed by atoms with van der Waals surface area (Å²) < 4.78 is 11.8. The van der Waals surface area contributed by atoms with Gasteiger partial charge in [0.2, 0.25) is 5.91 Å². The Labute approximate surface area is 179 Å². The maximum Gasteiger partial charge on any atom is 0.233 e. The number of carbonyl (C=O) groups excluding carboxylic acids is 1. The van der Waals surface area contributed by atoms with E-state index in [0.29, 0.717) is 35.1 Å². The summed E-state index contributed by atoms with van der Waals surface area (Å²) in [6.45, 7) is 0.441. The molecule has 5 nitrogen and oxygen atoms in total. The van der Waals surface area contributed by atoms with Crippen LogP contribution in [0.15, 0.2) is 72.8 Å². The first-order valence-corrected chi connectivity index (χ1v) is 10.4. The van der Waals surface area contributed by atoms with Crippen LogP contribution < -0.4 is 14.4 Å². The predicted octanol–water partition coefficient (Wildman–Crippen LogP) is 5.09. The first-order chi connectivity index (χ1) is 14.7. The van der Waals surface area contributed by atoms with Gasteiger partial charge in [-0.25, -0.2) is 4.98 Å². The van der Waals surface area contributed by atoms with Crippen LogP contribution in [-0.2, 0) is 17.8 Å². The molecule has 0 atom stereocenters. The van der Waals surface area contributed by atoms with Gasteiger partial charge >= 0.3 is 0 Å². The van der Waals surface area contributed by atoms with Gasteiger partial charge in [0.05, 0.1) is 27.2 Å². The number of nitrogens with zero attached hydrogens (tertiary/aromatic N) is 2. The molecule has 0 aliphatic heterocycles. The molecule has 0 fully saturated rings. The van der Waals surface area contributed by atoms with Crippen molar-refractivity contribution < 1.29 is 14.3 Å². The lowest BCUT2D eigenvalue weighted by atomic mass is 10.1. The molecule has 0 saturated heterocycles. The topological polar surface area (TPSA) is 51.7 Å². The highest BCUT2D eigenvalue weighted by Gasteiger charge is 2.23. The summed E-state index contributed by atoms with van der Waals surface area (Å²) in [5, 5.41) is 0.623. The third-order valence-electron chi connectivity index (χ3n) is 4.81. The standard InChI is InChI=1S/C24H22N2O3S/c1-28-19-13-14-20(29-2)23-22(19)25-24(30-23)26(16-18-11-7-4-8-12-18)21(27)15-17-9-5-3-6-10-17/h3-14H,15-16H2,1-2H3. The zero-order chi connectivity index (χ0) is 20.9. The van der Waals surface area contributed by atoms with E-state index in [2.05, 4.69) is 0 Å². The predicted molar refractivity (Wildman–Crippen MR) is 121 cm³/mol. The third kappa shape index (κ3) is 4.14. The Morgan fingerprint density at radius 3 is 2.10 bits per heavy atom. The molecule has 6 heteroatoms. The van der Waals surface area contributed by atoms with Gasteiger partial charge in [0.25, 0.3) is 0 Å². The molecule has 0 aliphatic rings. The number of aromatic nitrogens is 1. The van der Waals surface area contributed by atoms with Gasteiger partial charge in [-0.1, -0.05) is 72.0 Å². The molecule has 4 aromatic rings. The fraction of sp³-hybridized carbons (Fsp3) is 0.167. The maximum absolute atomic E-state index is 13.3. The van der Waals surface area contributed by atoms with Crippen molar-refractivity contribution in [1.29, 1.82) is 0 Å². The Morgan fingerprint density at radius 1 is 0.867 bits per heavy atom. The largest absolute Gasteiger partial charge is 0.495 e. The number of thiazole rings is 1. The van der Waals surface area contributed by atoms with Gasteiger partial charge in [-0.3, -0.25) is 9.69 Å². The molecule has 0 bridgehead atoms. The molecular formula is C24H22N2O3S. The second kappa shape index (κ2) is 8.97. The normalized spacial score (nSPS) is 10.7. The molecule has 4 rings (SSSR count). The van der Waals surface area contributed by atoms with E-state index >= 15 is 0 Å². The molecule has 1 heterocycles. The average Bonchev–Trinajstić information content (AvgIpc) is 3.23. The van der Waals surface area contributed by atoms with E-state index < -0.39 is 0 Å². The van der Waals surface area contributed by atoms with Gasteiger partial charge in [-0.2, -0.15) is 0 Å². The van der Waals surface area contributed by atoms with Crippen LogP contribution in [0.4, 0.5) is 5.13 Å². The highest BCUT2D eigenvalue weighted by molar-refractivity contribution is 7.22. The average molecular weight is 419 g/mol. The highest BCUT2D eigenvalue weighted by atomic mass is 32.1. The van der Waals surface area contributed by atoms with E-state index in [0.717, 1.165) is 15.8 Å². The summed E-state index contributed by atoms with van der Waals surface area (Å²) in [6, 6.07) is 23.4. The van der Waals surface area contributed by atoms with Crippen molar-refractivity contribution in [3.63, 3.8) is 0 Å². The van der Waals surface area contributed by atoms with Crippen LogP contribution in [0.5, 0.6) is 11.5 Å². The minimum atomic E-state index is -0.0120. The number of hydrogen-bond donors (Lipinski definition) is 0. The van der Waals surface area contributed by atoms with E-state index in [4.69, 9.17) is 14.5 Å². The smallest absolute Gasteiger partial charge is 0.233 e. The number of carbonyl (C=O) groups is 1. The minimum Gasteiger partial charge on any atom is -0.495 e. The Balaban J connectivity index is 1.76. The zero-order valence-corrected chi connectivity index (χ0v) is 17.7. The molecule has 30 heavy (non-hydrogen) atoms. The van der Waals surface area contributed by atoms with E-state index in [1.807, 2.05) is 72.8 Å². The van der Waals surface area contributed by atoms with Crippen molar-refractivity contribution in [3.05, 3.63) is 83.9 Å². The van der Waals surface area contributed by atoms with Crippen molar-refractivity contribution in [3.8, 4) is 11.5 Å². The van der Waals surface area contributed by atoms with Crippen LogP contribution >= 0.6 is 11.3 Å². The van der Waals surface area contributed by atoms with Gasteiger partial charge in [-0.15, -0.1) is 0 Å². The zero-order valence-electron chi connectivity index (χ0n) is 16.9. The van der Waals surface area contributed by atoms with E-state index in [1.54, 1.807) is 19.1 Å². The molecule has 1 aromatic heterocycles. The van der Waals surface area contributed by atoms with E-state index in [-0.39, 0.29) is 5.91 Å². The number of benzene rings is 3. The summed E-state index contributed by atoms with van der Waals surface area (Å²) in [4.78, 5) is 19.8. The number of rotatable bonds is 7. The van der Waals surface area contributed by atoms with Crippen molar-refractivity contribution >= 4 is 32.6 Å². The summed E-state index contributed by atoms with van der Waals surface area (Å²) >= 11 is 1.43. The molecule has 0 unspecified atom stereocenters. The molecular weight excluding hydrogens is 396 g/mol. The summed E-state index contributed by atoms with van der Waals surface area (Å²) in [7, 11) is 3.24. The van der Waals surface area contributed by atoms with Crippen LogP contribution in [0.2, 0.25) is 0 Å². The second-order valence-corrected chi connectivity index (χ2v) is 7.75. The van der Waals surface area contributed by atoms with Crippen LogP contribution in [0.1, 0.15) is 11.1 Å². The molecule has 1 amide bonds. The summed E-state index contributed by atoms with van der Waals surface area (Å²) in [6.07, 6.45) is 0.303.